The summed E-state index contributed by atoms with van der Waals surface area (Å²) in [6.45, 7) is 1.24. The van der Waals surface area contributed by atoms with Crippen LogP contribution in [-0.2, 0) is 14.9 Å². The SMILES string of the molecule is COCCCNC(=O)C1(c2cc(-c3ccc(Cl)cc3)on2)CC1. The lowest BCUT2D eigenvalue weighted by Crippen LogP contribution is -2.35. The minimum Gasteiger partial charge on any atom is -0.385 e. The van der Waals surface area contributed by atoms with E-state index in [0.717, 1.165) is 24.8 Å². The monoisotopic (exact) mass is 334 g/mol. The zero-order chi connectivity index (χ0) is 16.3. The minimum absolute atomic E-state index is 0.0181. The van der Waals surface area contributed by atoms with Gasteiger partial charge in [0.25, 0.3) is 0 Å². The summed E-state index contributed by atoms with van der Waals surface area (Å²) in [4.78, 5) is 12.4. The van der Waals surface area contributed by atoms with Gasteiger partial charge in [-0.25, -0.2) is 0 Å². The number of carbonyl (C=O) groups excluding carboxylic acids is 1. The third kappa shape index (κ3) is 3.41. The molecular weight excluding hydrogens is 316 g/mol. The highest BCUT2D eigenvalue weighted by Crippen LogP contribution is 2.48. The zero-order valence-corrected chi connectivity index (χ0v) is 13.7. The number of nitrogens with zero attached hydrogens (tertiary/aromatic N) is 1. The molecule has 0 atom stereocenters. The molecular formula is C17H19ClN2O3. The Morgan fingerprint density at radius 1 is 1.39 bits per heavy atom. The Labute approximate surface area is 139 Å². The molecule has 5 nitrogen and oxygen atoms in total. The van der Waals surface area contributed by atoms with Gasteiger partial charge in [-0.3, -0.25) is 4.79 Å². The standard InChI is InChI=1S/C17H19ClN2O3/c1-22-10-2-9-19-16(21)17(7-8-17)15-11-14(23-20-15)12-3-5-13(18)6-4-12/h3-6,11H,2,7-10H2,1H3,(H,19,21). The third-order valence-electron chi connectivity index (χ3n) is 4.12. The molecule has 1 aliphatic rings. The number of hydrogen-bond donors (Lipinski definition) is 1. The molecule has 1 aromatic carbocycles. The summed E-state index contributed by atoms with van der Waals surface area (Å²) in [5, 5.41) is 7.75. The van der Waals surface area contributed by atoms with Crippen LogP contribution in [0.15, 0.2) is 34.9 Å². The van der Waals surface area contributed by atoms with Crippen molar-refractivity contribution in [1.29, 1.82) is 0 Å². The van der Waals surface area contributed by atoms with E-state index in [1.165, 1.54) is 0 Å². The van der Waals surface area contributed by atoms with E-state index in [-0.39, 0.29) is 5.91 Å². The van der Waals surface area contributed by atoms with Gasteiger partial charge in [0.1, 0.15) is 0 Å². The molecule has 1 heterocycles. The van der Waals surface area contributed by atoms with Crippen LogP contribution in [-0.4, -0.2) is 31.3 Å². The molecule has 0 saturated heterocycles. The van der Waals surface area contributed by atoms with Crippen LogP contribution in [0.25, 0.3) is 11.3 Å². The molecule has 1 aromatic heterocycles. The summed E-state index contributed by atoms with van der Waals surface area (Å²) in [6.07, 6.45) is 2.40. The van der Waals surface area contributed by atoms with E-state index < -0.39 is 5.41 Å². The number of nitrogens with one attached hydrogen (secondary N) is 1. The first-order valence-corrected chi connectivity index (χ1v) is 8.04. The molecule has 3 rings (SSSR count). The Morgan fingerprint density at radius 2 is 2.13 bits per heavy atom. The van der Waals surface area contributed by atoms with Crippen LogP contribution in [0.4, 0.5) is 0 Å². The lowest BCUT2D eigenvalue weighted by molar-refractivity contribution is -0.123. The first kappa shape index (κ1) is 16.0. The van der Waals surface area contributed by atoms with Gasteiger partial charge in [0.15, 0.2) is 5.76 Å². The molecule has 0 bridgehead atoms. The van der Waals surface area contributed by atoms with Gasteiger partial charge in [-0.2, -0.15) is 0 Å². The highest BCUT2D eigenvalue weighted by molar-refractivity contribution is 6.30. The molecule has 0 radical (unpaired) electrons. The lowest BCUT2D eigenvalue weighted by Gasteiger charge is -2.12. The van der Waals surface area contributed by atoms with Crippen molar-refractivity contribution in [3.8, 4) is 11.3 Å². The van der Waals surface area contributed by atoms with Crippen molar-refractivity contribution in [3.63, 3.8) is 0 Å². The van der Waals surface area contributed by atoms with Crippen molar-refractivity contribution >= 4 is 17.5 Å². The van der Waals surface area contributed by atoms with Gasteiger partial charge in [0.2, 0.25) is 5.91 Å². The second-order valence-electron chi connectivity index (χ2n) is 5.77. The van der Waals surface area contributed by atoms with Crippen molar-refractivity contribution in [3.05, 3.63) is 41.0 Å². The lowest BCUT2D eigenvalue weighted by atomic mass is 10.0. The highest BCUT2D eigenvalue weighted by Gasteiger charge is 2.53. The quantitative estimate of drug-likeness (QED) is 0.790. The summed E-state index contributed by atoms with van der Waals surface area (Å²) in [7, 11) is 1.65. The van der Waals surface area contributed by atoms with E-state index in [1.807, 2.05) is 18.2 Å². The van der Waals surface area contributed by atoms with E-state index in [0.29, 0.717) is 29.6 Å². The molecule has 1 fully saturated rings. The van der Waals surface area contributed by atoms with Gasteiger partial charge in [0, 0.05) is 36.9 Å². The van der Waals surface area contributed by atoms with E-state index in [4.69, 9.17) is 20.9 Å². The Morgan fingerprint density at radius 3 is 2.78 bits per heavy atom. The van der Waals surface area contributed by atoms with Crippen LogP contribution in [0.2, 0.25) is 5.02 Å². The summed E-state index contributed by atoms with van der Waals surface area (Å²) < 4.78 is 10.4. The number of benzene rings is 1. The van der Waals surface area contributed by atoms with Crippen LogP contribution in [0.1, 0.15) is 25.0 Å². The van der Waals surface area contributed by atoms with Crippen LogP contribution in [0, 0.1) is 0 Å². The normalized spacial score (nSPS) is 15.4. The predicted octanol–water partition coefficient (Wildman–Crippen LogP) is 3.18. The van der Waals surface area contributed by atoms with Gasteiger partial charge in [0.05, 0.1) is 11.1 Å². The fraction of sp³-hybridized carbons (Fsp3) is 0.412. The first-order valence-electron chi connectivity index (χ1n) is 7.66. The molecule has 1 N–H and O–H groups in total. The van der Waals surface area contributed by atoms with Crippen LogP contribution in [0.3, 0.4) is 0 Å². The number of ether oxygens (including phenoxy) is 1. The second-order valence-corrected chi connectivity index (χ2v) is 6.20. The summed E-state index contributed by atoms with van der Waals surface area (Å²) in [5.74, 6) is 0.666. The van der Waals surface area contributed by atoms with Crippen molar-refractivity contribution in [2.24, 2.45) is 0 Å². The number of amides is 1. The number of hydrogen-bond acceptors (Lipinski definition) is 4. The van der Waals surface area contributed by atoms with Crippen molar-refractivity contribution in [2.45, 2.75) is 24.7 Å². The number of aromatic nitrogens is 1. The van der Waals surface area contributed by atoms with Gasteiger partial charge in [-0.1, -0.05) is 16.8 Å². The van der Waals surface area contributed by atoms with Crippen LogP contribution in [0.5, 0.6) is 0 Å². The maximum atomic E-state index is 12.4. The second kappa shape index (κ2) is 6.72. The topological polar surface area (TPSA) is 64.4 Å². The number of carbonyl (C=O) groups is 1. The zero-order valence-electron chi connectivity index (χ0n) is 13.0. The molecule has 122 valence electrons. The summed E-state index contributed by atoms with van der Waals surface area (Å²) in [5.41, 5.74) is 1.07. The van der Waals surface area contributed by atoms with Gasteiger partial charge < -0.3 is 14.6 Å². The Hall–Kier alpha value is -1.85. The Kier molecular flexibility index (Phi) is 4.68. The smallest absolute Gasteiger partial charge is 0.232 e. The predicted molar refractivity (Wildman–Crippen MR) is 87.4 cm³/mol. The van der Waals surface area contributed by atoms with Gasteiger partial charge in [-0.15, -0.1) is 0 Å². The summed E-state index contributed by atoms with van der Waals surface area (Å²) >= 11 is 5.89. The Balaban J connectivity index is 1.69. The van der Waals surface area contributed by atoms with Crippen LogP contribution < -0.4 is 5.32 Å². The molecule has 1 aliphatic carbocycles. The van der Waals surface area contributed by atoms with E-state index in [2.05, 4.69) is 10.5 Å². The van der Waals surface area contributed by atoms with E-state index in [9.17, 15) is 4.79 Å². The Bertz CT molecular complexity index is 677. The summed E-state index contributed by atoms with van der Waals surface area (Å²) in [6, 6.07) is 9.20. The molecule has 1 saturated carbocycles. The first-order chi connectivity index (χ1) is 11.2. The minimum atomic E-state index is -0.527. The number of rotatable bonds is 7. The molecule has 1 amide bonds. The largest absolute Gasteiger partial charge is 0.385 e. The van der Waals surface area contributed by atoms with Gasteiger partial charge in [-0.05, 0) is 43.5 Å². The van der Waals surface area contributed by atoms with E-state index in [1.54, 1.807) is 19.2 Å². The maximum Gasteiger partial charge on any atom is 0.232 e. The third-order valence-corrected chi connectivity index (χ3v) is 4.38. The van der Waals surface area contributed by atoms with E-state index >= 15 is 0 Å². The molecule has 23 heavy (non-hydrogen) atoms. The number of methoxy groups -OCH3 is 1. The average Bonchev–Trinajstić information content (AvgIpc) is 3.23. The number of halogens is 1. The van der Waals surface area contributed by atoms with Crippen molar-refractivity contribution in [1.82, 2.24) is 10.5 Å². The average molecular weight is 335 g/mol. The maximum absolute atomic E-state index is 12.4. The van der Waals surface area contributed by atoms with Crippen molar-refractivity contribution in [2.75, 3.05) is 20.3 Å². The molecule has 2 aromatic rings. The molecule has 0 spiro atoms. The fourth-order valence-electron chi connectivity index (χ4n) is 2.56. The van der Waals surface area contributed by atoms with Crippen LogP contribution >= 0.6 is 11.6 Å². The molecule has 0 aliphatic heterocycles. The highest BCUT2D eigenvalue weighted by atomic mass is 35.5. The molecule has 6 heteroatoms. The molecule has 0 unspecified atom stereocenters. The fourth-order valence-corrected chi connectivity index (χ4v) is 2.69. The van der Waals surface area contributed by atoms with Gasteiger partial charge >= 0.3 is 0 Å². The van der Waals surface area contributed by atoms with Crippen molar-refractivity contribution < 1.29 is 14.1 Å².